The fourth-order valence-corrected chi connectivity index (χ4v) is 3.94. The average molecular weight is 470 g/mol. The van der Waals surface area contributed by atoms with Crippen LogP contribution in [0.15, 0.2) is 0 Å². The zero-order valence-corrected chi connectivity index (χ0v) is 21.5. The Hall–Kier alpha value is -0.340. The first kappa shape index (κ1) is 32.8. The van der Waals surface area contributed by atoms with E-state index >= 15 is 0 Å². The number of unbranched alkanes of at least 4 members (excludes halogenated alkanes) is 6. The van der Waals surface area contributed by atoms with Crippen LogP contribution in [-0.4, -0.2) is 78.5 Å². The lowest BCUT2D eigenvalue weighted by Gasteiger charge is -2.29. The Bertz CT molecular complexity index is 444. The van der Waals surface area contributed by atoms with Gasteiger partial charge in [0.05, 0.1) is 39.8 Å². The maximum Gasteiger partial charge on any atom is 0.330 e. The largest absolute Gasteiger partial charge is 0.870 e. The SMILES string of the molecule is CCCCCCCC(C)(C)OCCCCCOP(O)O[C@H](CC(=O)O)C[N+](C)(C)C.[OH-]. The summed E-state index contributed by atoms with van der Waals surface area (Å²) < 4.78 is 17.4. The van der Waals surface area contributed by atoms with Crippen molar-refractivity contribution in [3.63, 3.8) is 0 Å². The van der Waals surface area contributed by atoms with Crippen LogP contribution in [0.1, 0.15) is 85.0 Å². The van der Waals surface area contributed by atoms with Crippen molar-refractivity contribution in [2.45, 2.75) is 96.7 Å². The van der Waals surface area contributed by atoms with Gasteiger partial charge in [-0.05, 0) is 39.5 Å². The molecule has 0 aliphatic heterocycles. The fourth-order valence-electron chi connectivity index (χ4n) is 3.20. The highest BCUT2D eigenvalue weighted by Gasteiger charge is 2.25. The number of carbonyl (C=O) groups is 1. The minimum Gasteiger partial charge on any atom is -0.870 e. The van der Waals surface area contributed by atoms with Gasteiger partial charge in [0.2, 0.25) is 0 Å². The summed E-state index contributed by atoms with van der Waals surface area (Å²) in [7, 11) is 3.80. The van der Waals surface area contributed by atoms with Crippen molar-refractivity contribution >= 4 is 14.6 Å². The summed E-state index contributed by atoms with van der Waals surface area (Å²) in [5.74, 6) is -0.944. The fraction of sp³-hybridized carbons (Fsp3) is 0.955. The molecule has 0 amide bonds. The van der Waals surface area contributed by atoms with Gasteiger partial charge in [0.1, 0.15) is 12.6 Å². The van der Waals surface area contributed by atoms with E-state index in [1.807, 2.05) is 21.1 Å². The first-order valence-corrected chi connectivity index (χ1v) is 12.5. The zero-order chi connectivity index (χ0) is 23.0. The standard InChI is InChI=1S/C22H46NO6P.H2O/c1-7-8-9-10-12-15-22(2,3)27-16-13-11-14-17-28-30(26)29-20(18-21(24)25)19-23(4,5)6;/h20,26H,7-19H2,1-6H3;1H2/t20-,30?;/m1./s1. The summed E-state index contributed by atoms with van der Waals surface area (Å²) in [4.78, 5) is 21.0. The first-order valence-electron chi connectivity index (χ1n) is 11.4. The lowest BCUT2D eigenvalue weighted by Crippen LogP contribution is -2.42. The van der Waals surface area contributed by atoms with Gasteiger partial charge in [-0.15, -0.1) is 0 Å². The minimum atomic E-state index is -2.06. The van der Waals surface area contributed by atoms with E-state index in [-0.39, 0.29) is 17.5 Å². The maximum absolute atomic E-state index is 11.0. The number of ether oxygens (including phenoxy) is 1. The van der Waals surface area contributed by atoms with Crippen molar-refractivity contribution in [2.75, 3.05) is 40.9 Å². The van der Waals surface area contributed by atoms with Crippen LogP contribution in [0, 0.1) is 0 Å². The van der Waals surface area contributed by atoms with Crippen LogP contribution in [0.2, 0.25) is 0 Å². The van der Waals surface area contributed by atoms with Gasteiger partial charge in [-0.2, -0.15) is 0 Å². The molecule has 0 aromatic rings. The molecule has 0 aliphatic rings. The summed E-state index contributed by atoms with van der Waals surface area (Å²) >= 11 is 0. The monoisotopic (exact) mass is 469 g/mol. The lowest BCUT2D eigenvalue weighted by molar-refractivity contribution is -0.873. The Kier molecular flexibility index (Phi) is 19.2. The van der Waals surface area contributed by atoms with E-state index in [4.69, 9.17) is 18.9 Å². The number of hydrogen-bond donors (Lipinski definition) is 2. The number of carboxylic acid groups (broad SMARTS) is 1. The van der Waals surface area contributed by atoms with E-state index in [1.165, 1.54) is 32.1 Å². The molecule has 0 fully saturated rings. The van der Waals surface area contributed by atoms with Gasteiger partial charge in [0.25, 0.3) is 0 Å². The number of rotatable bonds is 20. The predicted molar refractivity (Wildman–Crippen MR) is 124 cm³/mol. The Balaban J connectivity index is 0. The molecule has 0 saturated heterocycles. The molecular formula is C22H48NO7P. The van der Waals surface area contributed by atoms with Crippen LogP contribution in [0.3, 0.4) is 0 Å². The lowest BCUT2D eigenvalue weighted by atomic mass is 9.99. The summed E-state index contributed by atoms with van der Waals surface area (Å²) in [5.41, 5.74) is -0.0688. The first-order chi connectivity index (χ1) is 13.9. The van der Waals surface area contributed by atoms with Gasteiger partial charge in [-0.3, -0.25) is 4.79 Å². The smallest absolute Gasteiger partial charge is 0.330 e. The van der Waals surface area contributed by atoms with Crippen LogP contribution in [-0.2, 0) is 18.6 Å². The molecule has 1 unspecified atom stereocenters. The minimum absolute atomic E-state index is 0. The second kappa shape index (κ2) is 18.1. The van der Waals surface area contributed by atoms with E-state index in [9.17, 15) is 9.69 Å². The van der Waals surface area contributed by atoms with Gasteiger partial charge in [-0.25, -0.2) is 0 Å². The van der Waals surface area contributed by atoms with Crippen LogP contribution >= 0.6 is 8.60 Å². The second-order valence-corrected chi connectivity index (χ2v) is 10.6. The van der Waals surface area contributed by atoms with Crippen LogP contribution in [0.25, 0.3) is 0 Å². The molecule has 0 rings (SSSR count). The summed E-state index contributed by atoms with van der Waals surface area (Å²) in [5, 5.41) is 9.02. The quantitative estimate of drug-likeness (QED) is 0.147. The molecule has 0 aromatic carbocycles. The van der Waals surface area contributed by atoms with Crippen LogP contribution in [0.4, 0.5) is 0 Å². The molecule has 0 spiro atoms. The number of quaternary nitrogens is 1. The van der Waals surface area contributed by atoms with Gasteiger partial charge < -0.3 is 33.7 Å². The highest BCUT2D eigenvalue weighted by atomic mass is 31.2. The van der Waals surface area contributed by atoms with Crippen molar-refractivity contribution < 1.29 is 38.5 Å². The molecule has 31 heavy (non-hydrogen) atoms. The Morgan fingerprint density at radius 1 is 1.00 bits per heavy atom. The van der Waals surface area contributed by atoms with E-state index in [0.717, 1.165) is 32.3 Å². The summed E-state index contributed by atoms with van der Waals surface area (Å²) in [6.07, 6.45) is 9.50. The molecule has 0 aromatic heterocycles. The molecular weight excluding hydrogens is 421 g/mol. The molecule has 2 atom stereocenters. The summed E-state index contributed by atoms with van der Waals surface area (Å²) in [6, 6.07) is 0. The average Bonchev–Trinajstić information content (AvgIpc) is 2.58. The van der Waals surface area contributed by atoms with Crippen molar-refractivity contribution in [2.24, 2.45) is 0 Å². The number of likely N-dealkylation sites (N-methyl/N-ethyl adjacent to an activating group) is 1. The third-order valence-corrected chi connectivity index (χ3v) is 5.64. The normalized spacial score (nSPS) is 14.2. The molecule has 0 aliphatic carbocycles. The summed E-state index contributed by atoms with van der Waals surface area (Å²) in [6.45, 7) is 8.17. The number of carboxylic acids is 1. The van der Waals surface area contributed by atoms with Crippen molar-refractivity contribution in [3.8, 4) is 0 Å². The highest BCUT2D eigenvalue weighted by Crippen LogP contribution is 2.36. The molecule has 0 heterocycles. The number of nitrogens with zero attached hydrogens (tertiary/aromatic N) is 1. The molecule has 0 saturated carbocycles. The Morgan fingerprint density at radius 3 is 2.16 bits per heavy atom. The van der Waals surface area contributed by atoms with Crippen molar-refractivity contribution in [1.29, 1.82) is 0 Å². The van der Waals surface area contributed by atoms with Crippen molar-refractivity contribution in [1.82, 2.24) is 0 Å². The molecule has 9 heteroatoms. The third-order valence-electron chi connectivity index (χ3n) is 4.76. The molecule has 3 N–H and O–H groups in total. The van der Waals surface area contributed by atoms with E-state index in [1.54, 1.807) is 0 Å². The van der Waals surface area contributed by atoms with Gasteiger partial charge in [-0.1, -0.05) is 39.0 Å². The van der Waals surface area contributed by atoms with Crippen LogP contribution in [0.5, 0.6) is 0 Å². The molecule has 8 nitrogen and oxygen atoms in total. The maximum atomic E-state index is 11.0. The number of aliphatic carboxylic acids is 1. The predicted octanol–water partition coefficient (Wildman–Crippen LogP) is 4.94. The van der Waals surface area contributed by atoms with Crippen LogP contribution < -0.4 is 0 Å². The molecule has 0 radical (unpaired) electrons. The van der Waals surface area contributed by atoms with E-state index in [0.29, 0.717) is 17.6 Å². The molecule has 188 valence electrons. The second-order valence-electron chi connectivity index (χ2n) is 9.70. The Labute approximate surface area is 191 Å². The van der Waals surface area contributed by atoms with Gasteiger partial charge in [0, 0.05) is 6.61 Å². The van der Waals surface area contributed by atoms with Gasteiger partial charge >= 0.3 is 14.6 Å². The topological polar surface area (TPSA) is 115 Å². The molecule has 0 bridgehead atoms. The number of hydrogen-bond acceptors (Lipinski definition) is 6. The highest BCUT2D eigenvalue weighted by molar-refractivity contribution is 7.40. The van der Waals surface area contributed by atoms with E-state index < -0.39 is 20.7 Å². The third kappa shape index (κ3) is 22.6. The van der Waals surface area contributed by atoms with E-state index in [2.05, 4.69) is 20.8 Å². The zero-order valence-electron chi connectivity index (χ0n) is 20.6. The van der Waals surface area contributed by atoms with Gasteiger partial charge in [0.15, 0.2) is 0 Å². The van der Waals surface area contributed by atoms with Crippen molar-refractivity contribution in [3.05, 3.63) is 0 Å². The Morgan fingerprint density at radius 2 is 1.58 bits per heavy atom.